The van der Waals surface area contributed by atoms with Crippen molar-refractivity contribution in [2.45, 2.75) is 25.4 Å². The Hall–Kier alpha value is -3.82. The number of aromatic nitrogens is 4. The van der Waals surface area contributed by atoms with Crippen molar-refractivity contribution < 1.29 is 5.11 Å². The standard InChI is InChI=1S/C24H19N5O/c1-15-4-5-16(6-9-24(30)10-7-17-3-2-11-26-21(17)24)13-19(15)23-28-14-18-8-12-27-22(25)20(18)29-23/h2-5,8,11-14,30H,7,10H2,1H3,(H2,25,27)/t24-/m0/s1. The van der Waals surface area contributed by atoms with Gasteiger partial charge in [-0.15, -0.1) is 0 Å². The van der Waals surface area contributed by atoms with Crippen LogP contribution in [0.1, 0.15) is 28.8 Å². The quantitative estimate of drug-likeness (QED) is 0.482. The number of pyridine rings is 2. The maximum absolute atomic E-state index is 11.0. The van der Waals surface area contributed by atoms with Crippen LogP contribution < -0.4 is 5.73 Å². The third-order valence-electron chi connectivity index (χ3n) is 5.46. The number of aryl methyl sites for hydroxylation is 2. The maximum Gasteiger partial charge on any atom is 0.168 e. The molecule has 0 saturated carbocycles. The molecule has 0 radical (unpaired) electrons. The Balaban J connectivity index is 1.55. The van der Waals surface area contributed by atoms with Gasteiger partial charge in [-0.3, -0.25) is 4.98 Å². The minimum atomic E-state index is -1.22. The normalized spacial score (nSPS) is 17.4. The topological polar surface area (TPSA) is 97.8 Å². The SMILES string of the molecule is Cc1ccc(C#C[C@]2(O)CCc3cccnc32)cc1-c1ncc2ccnc(N)c2n1. The van der Waals surface area contributed by atoms with Crippen LogP contribution in [0.3, 0.4) is 0 Å². The first-order valence-electron chi connectivity index (χ1n) is 9.72. The number of fused-ring (bicyclic) bond motifs is 2. The second-order valence-electron chi connectivity index (χ2n) is 7.48. The van der Waals surface area contributed by atoms with Crippen molar-refractivity contribution >= 4 is 16.7 Å². The minimum Gasteiger partial charge on any atom is -0.382 e. The van der Waals surface area contributed by atoms with E-state index in [1.54, 1.807) is 18.6 Å². The van der Waals surface area contributed by atoms with Gasteiger partial charge < -0.3 is 10.8 Å². The zero-order chi connectivity index (χ0) is 20.7. The van der Waals surface area contributed by atoms with Gasteiger partial charge in [0.25, 0.3) is 0 Å². The van der Waals surface area contributed by atoms with Crippen LogP contribution in [-0.2, 0) is 12.0 Å². The van der Waals surface area contributed by atoms with Crippen molar-refractivity contribution in [3.8, 4) is 23.2 Å². The molecule has 1 aliphatic carbocycles. The number of nitrogens with zero attached hydrogens (tertiary/aromatic N) is 4. The number of benzene rings is 1. The zero-order valence-corrected chi connectivity index (χ0v) is 16.4. The molecule has 1 aliphatic rings. The Labute approximate surface area is 173 Å². The van der Waals surface area contributed by atoms with Crippen molar-refractivity contribution in [1.82, 2.24) is 19.9 Å². The van der Waals surface area contributed by atoms with Crippen LogP contribution in [0.15, 0.2) is 55.0 Å². The summed E-state index contributed by atoms with van der Waals surface area (Å²) in [6.45, 7) is 2.00. The van der Waals surface area contributed by atoms with Crippen LogP contribution in [0.4, 0.5) is 5.82 Å². The van der Waals surface area contributed by atoms with Crippen molar-refractivity contribution in [3.05, 3.63) is 77.4 Å². The van der Waals surface area contributed by atoms with Gasteiger partial charge in [0.05, 0.1) is 5.69 Å². The van der Waals surface area contributed by atoms with Gasteiger partial charge in [0, 0.05) is 35.1 Å². The van der Waals surface area contributed by atoms with E-state index in [0.29, 0.717) is 29.3 Å². The Morgan fingerprint density at radius 3 is 2.90 bits per heavy atom. The van der Waals surface area contributed by atoms with Gasteiger partial charge in [0.1, 0.15) is 11.3 Å². The Kier molecular flexibility index (Phi) is 4.19. The fourth-order valence-corrected chi connectivity index (χ4v) is 3.79. The smallest absolute Gasteiger partial charge is 0.168 e. The lowest BCUT2D eigenvalue weighted by molar-refractivity contribution is 0.0982. The van der Waals surface area contributed by atoms with E-state index in [2.05, 4.69) is 31.8 Å². The van der Waals surface area contributed by atoms with Gasteiger partial charge in [-0.05, 0) is 55.2 Å². The second kappa shape index (κ2) is 6.90. The molecule has 3 aromatic heterocycles. The van der Waals surface area contributed by atoms with Crippen LogP contribution in [0.25, 0.3) is 22.3 Å². The molecule has 4 aromatic rings. The summed E-state index contributed by atoms with van der Waals surface area (Å²) in [4.78, 5) is 17.6. The third kappa shape index (κ3) is 3.06. The summed E-state index contributed by atoms with van der Waals surface area (Å²) < 4.78 is 0. The molecule has 0 unspecified atom stereocenters. The molecule has 6 nitrogen and oxygen atoms in total. The highest BCUT2D eigenvalue weighted by Gasteiger charge is 2.36. The van der Waals surface area contributed by atoms with E-state index in [9.17, 15) is 5.11 Å². The molecule has 146 valence electrons. The highest BCUT2D eigenvalue weighted by molar-refractivity contribution is 5.87. The summed E-state index contributed by atoms with van der Waals surface area (Å²) in [5.74, 6) is 7.10. The summed E-state index contributed by atoms with van der Waals surface area (Å²) in [6, 6.07) is 11.6. The van der Waals surface area contributed by atoms with Crippen molar-refractivity contribution in [2.75, 3.05) is 5.73 Å². The monoisotopic (exact) mass is 393 g/mol. The van der Waals surface area contributed by atoms with Crippen LogP contribution >= 0.6 is 0 Å². The molecule has 1 atom stereocenters. The fraction of sp³-hybridized carbons (Fsp3) is 0.167. The summed E-state index contributed by atoms with van der Waals surface area (Å²) in [7, 11) is 0. The van der Waals surface area contributed by atoms with E-state index in [0.717, 1.165) is 34.1 Å². The minimum absolute atomic E-state index is 0.374. The van der Waals surface area contributed by atoms with Gasteiger partial charge in [-0.1, -0.05) is 24.0 Å². The van der Waals surface area contributed by atoms with Gasteiger partial charge >= 0.3 is 0 Å². The molecule has 30 heavy (non-hydrogen) atoms. The molecule has 0 aliphatic heterocycles. The summed E-state index contributed by atoms with van der Waals surface area (Å²) >= 11 is 0. The lowest BCUT2D eigenvalue weighted by atomic mass is 10.00. The number of rotatable bonds is 1. The maximum atomic E-state index is 11.0. The average molecular weight is 393 g/mol. The van der Waals surface area contributed by atoms with E-state index in [4.69, 9.17) is 5.73 Å². The Bertz CT molecular complexity index is 1350. The zero-order valence-electron chi connectivity index (χ0n) is 16.4. The second-order valence-corrected chi connectivity index (χ2v) is 7.48. The first-order chi connectivity index (χ1) is 14.5. The molecule has 1 aromatic carbocycles. The Morgan fingerprint density at radius 1 is 1.10 bits per heavy atom. The molecule has 0 fully saturated rings. The van der Waals surface area contributed by atoms with E-state index >= 15 is 0 Å². The number of nitrogens with two attached hydrogens (primary N) is 1. The van der Waals surface area contributed by atoms with E-state index in [1.165, 1.54) is 0 Å². The molecular weight excluding hydrogens is 374 g/mol. The first kappa shape index (κ1) is 18.2. The fourth-order valence-electron chi connectivity index (χ4n) is 3.79. The lowest BCUT2D eigenvalue weighted by Gasteiger charge is -2.15. The van der Waals surface area contributed by atoms with Gasteiger partial charge in [-0.25, -0.2) is 15.0 Å². The largest absolute Gasteiger partial charge is 0.382 e. The Morgan fingerprint density at radius 2 is 2.00 bits per heavy atom. The van der Waals surface area contributed by atoms with Crippen LogP contribution in [0, 0.1) is 18.8 Å². The molecule has 3 N–H and O–H groups in total. The summed E-state index contributed by atoms with van der Waals surface area (Å²) in [5.41, 5.74) is 9.76. The van der Waals surface area contributed by atoms with Crippen LogP contribution in [0.5, 0.6) is 0 Å². The predicted octanol–water partition coefficient (Wildman–Crippen LogP) is 3.16. The van der Waals surface area contributed by atoms with E-state index in [-0.39, 0.29) is 0 Å². The summed E-state index contributed by atoms with van der Waals surface area (Å²) in [5, 5.41) is 11.9. The van der Waals surface area contributed by atoms with Crippen molar-refractivity contribution in [1.29, 1.82) is 0 Å². The number of anilines is 1. The van der Waals surface area contributed by atoms with Crippen molar-refractivity contribution in [2.24, 2.45) is 0 Å². The van der Waals surface area contributed by atoms with Crippen molar-refractivity contribution in [3.63, 3.8) is 0 Å². The van der Waals surface area contributed by atoms with Gasteiger partial charge in [0.15, 0.2) is 11.4 Å². The van der Waals surface area contributed by atoms with Gasteiger partial charge in [-0.2, -0.15) is 0 Å². The highest BCUT2D eigenvalue weighted by atomic mass is 16.3. The summed E-state index contributed by atoms with van der Waals surface area (Å²) in [6.07, 6.45) is 6.40. The predicted molar refractivity (Wildman–Crippen MR) is 115 cm³/mol. The molecule has 3 heterocycles. The van der Waals surface area contributed by atoms with E-state index in [1.807, 2.05) is 43.3 Å². The highest BCUT2D eigenvalue weighted by Crippen LogP contribution is 2.34. The number of aliphatic hydroxyl groups is 1. The molecule has 0 bridgehead atoms. The lowest BCUT2D eigenvalue weighted by Crippen LogP contribution is -2.20. The van der Waals surface area contributed by atoms with Crippen LogP contribution in [0.2, 0.25) is 0 Å². The van der Waals surface area contributed by atoms with E-state index < -0.39 is 5.60 Å². The van der Waals surface area contributed by atoms with Crippen LogP contribution in [-0.4, -0.2) is 25.0 Å². The molecule has 0 spiro atoms. The third-order valence-corrected chi connectivity index (χ3v) is 5.46. The first-order valence-corrected chi connectivity index (χ1v) is 9.72. The molecular formula is C24H19N5O. The molecule has 6 heteroatoms. The molecule has 0 amide bonds. The number of hydrogen-bond acceptors (Lipinski definition) is 6. The van der Waals surface area contributed by atoms with Gasteiger partial charge in [0.2, 0.25) is 0 Å². The number of hydrogen-bond donors (Lipinski definition) is 2. The number of nitrogen functional groups attached to an aromatic ring is 1. The average Bonchev–Trinajstić information content (AvgIpc) is 3.11. The molecule has 5 rings (SSSR count). The molecule has 0 saturated heterocycles.